The maximum absolute atomic E-state index is 11.7. The summed E-state index contributed by atoms with van der Waals surface area (Å²) in [6.07, 6.45) is 13.7. The summed E-state index contributed by atoms with van der Waals surface area (Å²) in [6.45, 7) is 8.97. The first-order chi connectivity index (χ1) is 14.7. The van der Waals surface area contributed by atoms with Crippen LogP contribution in [0.2, 0.25) is 0 Å². The number of methoxy groups -OCH3 is 1. The summed E-state index contributed by atoms with van der Waals surface area (Å²) < 4.78 is 10.5. The summed E-state index contributed by atoms with van der Waals surface area (Å²) in [7, 11) is 1.49. The normalized spacial score (nSPS) is 42.5. The number of hydrogen-bond donors (Lipinski definition) is 0. The fourth-order valence-corrected chi connectivity index (χ4v) is 8.59. The Bertz CT molecular complexity index is 742. The molecule has 4 aliphatic rings. The van der Waals surface area contributed by atoms with E-state index in [0.29, 0.717) is 17.8 Å². The first kappa shape index (κ1) is 22.9. The van der Waals surface area contributed by atoms with Crippen LogP contribution in [0.3, 0.4) is 0 Å². The van der Waals surface area contributed by atoms with Gasteiger partial charge in [0, 0.05) is 19.8 Å². The number of carbonyl (C=O) groups is 2. The standard InChI is InChI=1S/C27H42O4/c1-17(6-11-25(29)30-5)22-9-10-23-21-8-7-19-16-20(31-18(2)28)12-14-26(19,3)24(21)13-15-27(22,23)4/h7,17,20-24H,6,8-16H2,1-5H3/t17-,20+,21-,22+,23-,24-,26+,27+/m1/s1. The van der Waals surface area contributed by atoms with E-state index in [1.165, 1.54) is 46.1 Å². The van der Waals surface area contributed by atoms with Crippen molar-refractivity contribution in [3.63, 3.8) is 0 Å². The van der Waals surface area contributed by atoms with E-state index < -0.39 is 0 Å². The molecule has 4 heteroatoms. The van der Waals surface area contributed by atoms with Gasteiger partial charge in [-0.1, -0.05) is 32.4 Å². The van der Waals surface area contributed by atoms with Crippen molar-refractivity contribution in [3.05, 3.63) is 11.6 Å². The molecule has 3 saturated carbocycles. The van der Waals surface area contributed by atoms with Crippen molar-refractivity contribution in [2.24, 2.45) is 40.4 Å². The van der Waals surface area contributed by atoms with Crippen LogP contribution in [0.25, 0.3) is 0 Å². The van der Waals surface area contributed by atoms with Crippen LogP contribution in [0.4, 0.5) is 0 Å². The van der Waals surface area contributed by atoms with Crippen molar-refractivity contribution in [1.82, 2.24) is 0 Å². The first-order valence-electron chi connectivity index (χ1n) is 12.6. The van der Waals surface area contributed by atoms with E-state index in [4.69, 9.17) is 9.47 Å². The minimum Gasteiger partial charge on any atom is -0.469 e. The summed E-state index contributed by atoms with van der Waals surface area (Å²) in [6, 6.07) is 0. The molecular weight excluding hydrogens is 388 g/mol. The molecule has 4 nitrogen and oxygen atoms in total. The molecule has 0 radical (unpaired) electrons. The predicted molar refractivity (Wildman–Crippen MR) is 121 cm³/mol. The van der Waals surface area contributed by atoms with Gasteiger partial charge in [0.1, 0.15) is 6.10 Å². The third kappa shape index (κ3) is 3.97. The van der Waals surface area contributed by atoms with Gasteiger partial charge in [0.2, 0.25) is 0 Å². The molecule has 0 N–H and O–H groups in total. The van der Waals surface area contributed by atoms with Crippen LogP contribution in [-0.2, 0) is 19.1 Å². The average molecular weight is 431 g/mol. The van der Waals surface area contributed by atoms with Crippen molar-refractivity contribution in [2.45, 2.75) is 98.0 Å². The van der Waals surface area contributed by atoms with E-state index >= 15 is 0 Å². The second kappa shape index (κ2) is 8.56. The van der Waals surface area contributed by atoms with E-state index in [1.807, 2.05) is 0 Å². The third-order valence-corrected chi connectivity index (χ3v) is 10.2. The zero-order chi connectivity index (χ0) is 22.4. The van der Waals surface area contributed by atoms with Crippen LogP contribution < -0.4 is 0 Å². The molecule has 0 heterocycles. The molecule has 0 aromatic rings. The van der Waals surface area contributed by atoms with Crippen molar-refractivity contribution in [2.75, 3.05) is 7.11 Å². The van der Waals surface area contributed by atoms with Crippen LogP contribution in [0.1, 0.15) is 91.9 Å². The molecule has 0 saturated heterocycles. The highest BCUT2D eigenvalue weighted by atomic mass is 16.5. The summed E-state index contributed by atoms with van der Waals surface area (Å²) in [4.78, 5) is 23.1. The molecule has 0 aromatic heterocycles. The van der Waals surface area contributed by atoms with E-state index in [-0.39, 0.29) is 23.5 Å². The Labute approximate surface area is 188 Å². The third-order valence-electron chi connectivity index (χ3n) is 10.2. The summed E-state index contributed by atoms with van der Waals surface area (Å²) in [5.41, 5.74) is 2.26. The molecule has 0 aliphatic heterocycles. The average Bonchev–Trinajstić information content (AvgIpc) is 3.09. The second-order valence-corrected chi connectivity index (χ2v) is 11.6. The molecule has 3 fully saturated rings. The molecule has 0 spiro atoms. The van der Waals surface area contributed by atoms with Crippen molar-refractivity contribution >= 4 is 11.9 Å². The Hall–Kier alpha value is -1.32. The van der Waals surface area contributed by atoms with Crippen LogP contribution in [0, 0.1) is 40.4 Å². The molecular formula is C27H42O4. The molecule has 0 amide bonds. The minimum absolute atomic E-state index is 0.0718. The lowest BCUT2D eigenvalue weighted by Crippen LogP contribution is -2.51. The Morgan fingerprint density at radius 2 is 1.90 bits per heavy atom. The lowest BCUT2D eigenvalue weighted by Gasteiger charge is -2.58. The number of rotatable bonds is 5. The van der Waals surface area contributed by atoms with E-state index in [1.54, 1.807) is 5.57 Å². The minimum atomic E-state index is -0.144. The fourth-order valence-electron chi connectivity index (χ4n) is 8.59. The van der Waals surface area contributed by atoms with E-state index in [2.05, 4.69) is 26.8 Å². The van der Waals surface area contributed by atoms with Gasteiger partial charge in [0.15, 0.2) is 0 Å². The van der Waals surface area contributed by atoms with Crippen LogP contribution in [0.15, 0.2) is 11.6 Å². The van der Waals surface area contributed by atoms with E-state index in [0.717, 1.165) is 49.4 Å². The fraction of sp³-hybridized carbons (Fsp3) is 0.852. The van der Waals surface area contributed by atoms with Crippen molar-refractivity contribution < 1.29 is 19.1 Å². The summed E-state index contributed by atoms with van der Waals surface area (Å²) >= 11 is 0. The number of hydrogen-bond acceptors (Lipinski definition) is 4. The van der Waals surface area contributed by atoms with Gasteiger partial charge >= 0.3 is 11.9 Å². The Morgan fingerprint density at radius 3 is 2.61 bits per heavy atom. The van der Waals surface area contributed by atoms with Gasteiger partial charge in [0.25, 0.3) is 0 Å². The van der Waals surface area contributed by atoms with Gasteiger partial charge in [-0.2, -0.15) is 0 Å². The summed E-state index contributed by atoms with van der Waals surface area (Å²) in [5.74, 6) is 3.45. The monoisotopic (exact) mass is 430 g/mol. The van der Waals surface area contributed by atoms with Gasteiger partial charge in [0.05, 0.1) is 7.11 Å². The summed E-state index contributed by atoms with van der Waals surface area (Å²) in [5, 5.41) is 0. The highest BCUT2D eigenvalue weighted by Gasteiger charge is 2.59. The Balaban J connectivity index is 1.48. The maximum Gasteiger partial charge on any atom is 0.305 e. The lowest BCUT2D eigenvalue weighted by molar-refractivity contribution is -0.148. The molecule has 0 unspecified atom stereocenters. The van der Waals surface area contributed by atoms with Crippen LogP contribution in [-0.4, -0.2) is 25.2 Å². The number of fused-ring (bicyclic) bond motifs is 5. The molecule has 4 aliphatic carbocycles. The Kier molecular flexibility index (Phi) is 6.31. The maximum atomic E-state index is 11.7. The van der Waals surface area contributed by atoms with Crippen LogP contribution in [0.5, 0.6) is 0 Å². The van der Waals surface area contributed by atoms with Crippen LogP contribution >= 0.6 is 0 Å². The molecule has 0 bridgehead atoms. The van der Waals surface area contributed by atoms with Gasteiger partial charge in [-0.3, -0.25) is 9.59 Å². The number of esters is 2. The first-order valence-corrected chi connectivity index (χ1v) is 12.6. The van der Waals surface area contributed by atoms with Crippen molar-refractivity contribution in [1.29, 1.82) is 0 Å². The Morgan fingerprint density at radius 1 is 1.13 bits per heavy atom. The van der Waals surface area contributed by atoms with E-state index in [9.17, 15) is 9.59 Å². The molecule has 8 atom stereocenters. The zero-order valence-corrected chi connectivity index (χ0v) is 20.2. The number of carbonyl (C=O) groups excluding carboxylic acids is 2. The number of ether oxygens (including phenoxy) is 2. The van der Waals surface area contributed by atoms with Gasteiger partial charge in [-0.15, -0.1) is 0 Å². The van der Waals surface area contributed by atoms with Gasteiger partial charge in [-0.05, 0) is 91.8 Å². The van der Waals surface area contributed by atoms with Gasteiger partial charge < -0.3 is 9.47 Å². The smallest absolute Gasteiger partial charge is 0.305 e. The molecule has 31 heavy (non-hydrogen) atoms. The lowest BCUT2D eigenvalue weighted by atomic mass is 9.47. The number of allylic oxidation sites excluding steroid dienone is 1. The SMILES string of the molecule is COC(=O)CC[C@@H](C)[C@@H]1CC[C@@H]2[C@H]3CC=C4C[C@@H](OC(C)=O)CC[C@]4(C)[C@@H]3CC[C@]21C. The zero-order valence-electron chi connectivity index (χ0n) is 20.2. The molecule has 174 valence electrons. The topological polar surface area (TPSA) is 52.6 Å². The predicted octanol–water partition coefficient (Wildman–Crippen LogP) is 6.09. The second-order valence-electron chi connectivity index (χ2n) is 11.6. The highest BCUT2D eigenvalue weighted by molar-refractivity contribution is 5.69. The molecule has 4 rings (SSSR count). The molecule has 0 aromatic carbocycles. The quantitative estimate of drug-likeness (QED) is 0.391. The largest absolute Gasteiger partial charge is 0.469 e. The van der Waals surface area contributed by atoms with Gasteiger partial charge in [-0.25, -0.2) is 0 Å². The highest BCUT2D eigenvalue weighted by Crippen LogP contribution is 2.67. The van der Waals surface area contributed by atoms with Crippen molar-refractivity contribution in [3.8, 4) is 0 Å².